The van der Waals surface area contributed by atoms with Gasteiger partial charge in [0.1, 0.15) is 11.4 Å². The standard InChI is InChI=1S/C32H40FIN2O4/c1-20(2)36-26(16-15-23-18-24(39-32(6,7)38-23)19-27(37)40-31(3,4)5)28(21-11-13-22(33)14-12-21)29(30(36)34)25-10-8-9-17-35-25/h8-14,17,20,23-24H,15-16,18-19H2,1-7H3. The number of carbonyl (C=O) groups is 1. The Morgan fingerprint density at radius 3 is 2.40 bits per heavy atom. The van der Waals surface area contributed by atoms with Crippen molar-refractivity contribution < 1.29 is 23.4 Å². The van der Waals surface area contributed by atoms with E-state index < -0.39 is 11.4 Å². The van der Waals surface area contributed by atoms with E-state index in [-0.39, 0.29) is 36.5 Å². The van der Waals surface area contributed by atoms with Crippen LogP contribution in [0.25, 0.3) is 22.4 Å². The van der Waals surface area contributed by atoms with Crippen molar-refractivity contribution in [3.63, 3.8) is 0 Å². The van der Waals surface area contributed by atoms with Crippen LogP contribution >= 0.6 is 22.6 Å². The quantitative estimate of drug-likeness (QED) is 0.180. The van der Waals surface area contributed by atoms with Crippen LogP contribution in [0.3, 0.4) is 0 Å². The van der Waals surface area contributed by atoms with Crippen molar-refractivity contribution in [3.8, 4) is 22.4 Å². The maximum atomic E-state index is 13.9. The van der Waals surface area contributed by atoms with E-state index in [1.54, 1.807) is 6.20 Å². The number of ether oxygens (including phenoxy) is 3. The van der Waals surface area contributed by atoms with Gasteiger partial charge in [-0.25, -0.2) is 4.39 Å². The topological polar surface area (TPSA) is 62.6 Å². The van der Waals surface area contributed by atoms with Crippen molar-refractivity contribution >= 4 is 28.6 Å². The van der Waals surface area contributed by atoms with E-state index in [1.165, 1.54) is 12.1 Å². The second-order valence-corrected chi connectivity index (χ2v) is 13.1. The van der Waals surface area contributed by atoms with Crippen molar-refractivity contribution in [3.05, 3.63) is 63.9 Å². The summed E-state index contributed by atoms with van der Waals surface area (Å²) in [6.45, 7) is 13.7. The zero-order valence-electron chi connectivity index (χ0n) is 24.5. The Labute approximate surface area is 250 Å². The SMILES string of the molecule is CC(C)n1c(I)c(-c2ccccn2)c(-c2ccc(F)cc2)c1CCC1CC(CC(=O)OC(C)(C)C)OC(C)(C)O1. The largest absolute Gasteiger partial charge is 0.460 e. The van der Waals surface area contributed by atoms with Gasteiger partial charge < -0.3 is 18.8 Å². The Hall–Kier alpha value is -2.30. The normalized spacial score (nSPS) is 19.1. The molecule has 40 heavy (non-hydrogen) atoms. The number of benzene rings is 1. The molecule has 3 heterocycles. The van der Waals surface area contributed by atoms with Gasteiger partial charge in [-0.3, -0.25) is 9.78 Å². The number of carbonyl (C=O) groups excluding carboxylic acids is 1. The average molecular weight is 663 g/mol. The second kappa shape index (κ2) is 12.3. The maximum absolute atomic E-state index is 13.9. The van der Waals surface area contributed by atoms with Gasteiger partial charge in [0.25, 0.3) is 0 Å². The lowest BCUT2D eigenvalue weighted by Gasteiger charge is -2.41. The van der Waals surface area contributed by atoms with Crippen LogP contribution in [-0.4, -0.2) is 39.1 Å². The molecule has 0 spiro atoms. The number of rotatable bonds is 8. The summed E-state index contributed by atoms with van der Waals surface area (Å²) in [5.41, 5.74) is 4.56. The zero-order valence-corrected chi connectivity index (χ0v) is 26.6. The molecule has 0 amide bonds. The summed E-state index contributed by atoms with van der Waals surface area (Å²) in [5, 5.41) is 0. The number of pyridine rings is 1. The van der Waals surface area contributed by atoms with Crippen molar-refractivity contribution in [1.82, 2.24) is 9.55 Å². The first kappa shape index (κ1) is 30.7. The van der Waals surface area contributed by atoms with E-state index in [4.69, 9.17) is 14.2 Å². The predicted octanol–water partition coefficient (Wildman–Crippen LogP) is 8.12. The molecule has 4 rings (SSSR count). The van der Waals surface area contributed by atoms with Crippen molar-refractivity contribution in [2.45, 2.75) is 104 Å². The molecule has 0 N–H and O–H groups in total. The first-order valence-corrected chi connectivity index (χ1v) is 15.0. The summed E-state index contributed by atoms with van der Waals surface area (Å²) < 4.78 is 35.4. The minimum Gasteiger partial charge on any atom is -0.460 e. The van der Waals surface area contributed by atoms with Crippen molar-refractivity contribution in [1.29, 1.82) is 0 Å². The van der Waals surface area contributed by atoms with Crippen molar-refractivity contribution in [2.75, 3.05) is 0 Å². The number of esters is 1. The molecular weight excluding hydrogens is 622 g/mol. The van der Waals surface area contributed by atoms with Crippen molar-refractivity contribution in [2.24, 2.45) is 0 Å². The Kier molecular flexibility index (Phi) is 9.42. The van der Waals surface area contributed by atoms with Crippen LogP contribution in [0.4, 0.5) is 4.39 Å². The first-order valence-electron chi connectivity index (χ1n) is 13.9. The fourth-order valence-corrected chi connectivity index (χ4v) is 6.85. The molecule has 1 aliphatic heterocycles. The molecule has 0 saturated carbocycles. The number of aromatic nitrogens is 2. The molecule has 1 fully saturated rings. The summed E-state index contributed by atoms with van der Waals surface area (Å²) >= 11 is 2.41. The first-order chi connectivity index (χ1) is 18.7. The predicted molar refractivity (Wildman–Crippen MR) is 163 cm³/mol. The van der Waals surface area contributed by atoms with E-state index >= 15 is 0 Å². The van der Waals surface area contributed by atoms with Gasteiger partial charge in [0.2, 0.25) is 0 Å². The Balaban J connectivity index is 1.68. The Morgan fingerprint density at radius 2 is 1.80 bits per heavy atom. The summed E-state index contributed by atoms with van der Waals surface area (Å²) in [6, 6.07) is 12.8. The highest BCUT2D eigenvalue weighted by Gasteiger charge is 2.37. The lowest BCUT2D eigenvalue weighted by Crippen LogP contribution is -2.45. The molecule has 2 atom stereocenters. The highest BCUT2D eigenvalue weighted by Crippen LogP contribution is 2.43. The minimum absolute atomic E-state index is 0.108. The molecule has 1 aliphatic rings. The van der Waals surface area contributed by atoms with Gasteiger partial charge in [-0.05, 0) is 114 Å². The van der Waals surface area contributed by atoms with E-state index in [0.717, 1.165) is 44.6 Å². The summed E-state index contributed by atoms with van der Waals surface area (Å²) in [7, 11) is 0. The molecule has 0 radical (unpaired) electrons. The van der Waals surface area contributed by atoms with E-state index in [9.17, 15) is 9.18 Å². The van der Waals surface area contributed by atoms with Gasteiger partial charge >= 0.3 is 5.97 Å². The van der Waals surface area contributed by atoms with Crippen LogP contribution < -0.4 is 0 Å². The number of hydrogen-bond acceptors (Lipinski definition) is 5. The Bertz CT molecular complexity index is 1310. The molecule has 2 aromatic heterocycles. The monoisotopic (exact) mass is 662 g/mol. The highest BCUT2D eigenvalue weighted by atomic mass is 127. The number of hydrogen-bond donors (Lipinski definition) is 0. The molecule has 0 bridgehead atoms. The molecule has 216 valence electrons. The molecule has 6 nitrogen and oxygen atoms in total. The fourth-order valence-electron chi connectivity index (χ4n) is 5.45. The zero-order chi connectivity index (χ0) is 29.2. The Morgan fingerprint density at radius 1 is 1.12 bits per heavy atom. The lowest BCUT2D eigenvalue weighted by molar-refractivity contribution is -0.300. The van der Waals surface area contributed by atoms with Gasteiger partial charge in [-0.15, -0.1) is 0 Å². The third-order valence-electron chi connectivity index (χ3n) is 6.76. The van der Waals surface area contributed by atoms with Gasteiger partial charge in [0, 0.05) is 35.5 Å². The smallest absolute Gasteiger partial charge is 0.308 e. The highest BCUT2D eigenvalue weighted by molar-refractivity contribution is 14.1. The summed E-state index contributed by atoms with van der Waals surface area (Å²) in [6.07, 6.45) is 3.65. The van der Waals surface area contributed by atoms with Crippen LogP contribution in [0.15, 0.2) is 48.7 Å². The van der Waals surface area contributed by atoms with Crippen LogP contribution in [0.5, 0.6) is 0 Å². The molecule has 1 saturated heterocycles. The van der Waals surface area contributed by atoms with Gasteiger partial charge in [-0.2, -0.15) is 0 Å². The summed E-state index contributed by atoms with van der Waals surface area (Å²) in [5.74, 6) is -1.35. The molecule has 1 aromatic carbocycles. The van der Waals surface area contributed by atoms with Crippen LogP contribution in [0.2, 0.25) is 0 Å². The van der Waals surface area contributed by atoms with E-state index in [0.29, 0.717) is 6.42 Å². The van der Waals surface area contributed by atoms with E-state index in [1.807, 2.05) is 65.0 Å². The molecule has 3 aromatic rings. The van der Waals surface area contributed by atoms with Crippen LogP contribution in [-0.2, 0) is 25.4 Å². The second-order valence-electron chi connectivity index (χ2n) is 12.1. The van der Waals surface area contributed by atoms with Crippen LogP contribution in [0.1, 0.15) is 79.5 Å². The average Bonchev–Trinajstić information content (AvgIpc) is 3.13. The third kappa shape index (κ3) is 7.50. The molecule has 8 heteroatoms. The number of halogens is 2. The number of nitrogens with zero attached hydrogens (tertiary/aromatic N) is 2. The molecule has 2 unspecified atom stereocenters. The van der Waals surface area contributed by atoms with E-state index in [2.05, 4.69) is 46.0 Å². The summed E-state index contributed by atoms with van der Waals surface area (Å²) in [4.78, 5) is 17.2. The fraction of sp³-hybridized carbons (Fsp3) is 0.500. The van der Waals surface area contributed by atoms with Crippen LogP contribution in [0, 0.1) is 9.52 Å². The maximum Gasteiger partial charge on any atom is 0.308 e. The minimum atomic E-state index is -0.817. The van der Waals surface area contributed by atoms with Gasteiger partial charge in [0.05, 0.1) is 28.0 Å². The molecule has 0 aliphatic carbocycles. The van der Waals surface area contributed by atoms with Gasteiger partial charge in [-0.1, -0.05) is 18.2 Å². The van der Waals surface area contributed by atoms with Gasteiger partial charge in [0.15, 0.2) is 5.79 Å². The lowest BCUT2D eigenvalue weighted by atomic mass is 9.95. The molecular formula is C32H40FIN2O4. The third-order valence-corrected chi connectivity index (χ3v) is 7.82.